The third-order valence-electron chi connectivity index (χ3n) is 2.84. The zero-order chi connectivity index (χ0) is 13.9. The van der Waals surface area contributed by atoms with Crippen molar-refractivity contribution in [1.82, 2.24) is 15.2 Å². The van der Waals surface area contributed by atoms with Crippen LogP contribution >= 0.6 is 22.7 Å². The maximum absolute atomic E-state index is 5.69. The van der Waals surface area contributed by atoms with Gasteiger partial charge in [0.05, 0.1) is 10.6 Å². The molecule has 0 aliphatic rings. The van der Waals surface area contributed by atoms with Crippen LogP contribution in [0.2, 0.25) is 0 Å². The molecule has 3 aromatic rings. The van der Waals surface area contributed by atoms with Crippen LogP contribution in [0.15, 0.2) is 30.3 Å². The van der Waals surface area contributed by atoms with Crippen LogP contribution in [0.25, 0.3) is 20.5 Å². The first-order valence-corrected chi connectivity index (χ1v) is 8.05. The Hall–Kier alpha value is -1.79. The zero-order valence-electron chi connectivity index (χ0n) is 11.0. The monoisotopic (exact) mass is 302 g/mol. The van der Waals surface area contributed by atoms with Crippen molar-refractivity contribution in [2.24, 2.45) is 0 Å². The van der Waals surface area contributed by atoms with E-state index in [1.807, 2.05) is 18.2 Å². The van der Waals surface area contributed by atoms with Gasteiger partial charge in [0.25, 0.3) is 0 Å². The van der Waals surface area contributed by atoms with E-state index >= 15 is 0 Å². The number of aromatic nitrogens is 3. The predicted molar refractivity (Wildman–Crippen MR) is 84.9 cm³/mol. The minimum atomic E-state index is 0.497. The van der Waals surface area contributed by atoms with Crippen molar-refractivity contribution in [3.63, 3.8) is 0 Å². The van der Waals surface area contributed by atoms with Crippen LogP contribution in [-0.2, 0) is 6.42 Å². The molecule has 0 amide bonds. The second-order valence-electron chi connectivity index (χ2n) is 4.36. The fourth-order valence-corrected chi connectivity index (χ4v) is 3.77. The number of nitrogen functional groups attached to an aromatic ring is 1. The first-order valence-electron chi connectivity index (χ1n) is 6.42. The van der Waals surface area contributed by atoms with E-state index in [0.29, 0.717) is 5.13 Å². The van der Waals surface area contributed by atoms with Crippen molar-refractivity contribution in [1.29, 1.82) is 0 Å². The summed E-state index contributed by atoms with van der Waals surface area (Å²) in [7, 11) is 0. The number of nitrogens with two attached hydrogens (primary N) is 1. The molecule has 0 bridgehead atoms. The molecule has 20 heavy (non-hydrogen) atoms. The molecule has 4 nitrogen and oxygen atoms in total. The molecule has 102 valence electrons. The van der Waals surface area contributed by atoms with Crippen LogP contribution in [0.1, 0.15) is 19.0 Å². The van der Waals surface area contributed by atoms with Gasteiger partial charge in [-0.15, -0.1) is 21.5 Å². The van der Waals surface area contributed by atoms with Gasteiger partial charge in [0.15, 0.2) is 5.01 Å². The Labute approximate surface area is 125 Å². The first kappa shape index (κ1) is 13.2. The Morgan fingerprint density at radius 1 is 1.05 bits per heavy atom. The number of nitrogens with zero attached hydrogens (tertiary/aromatic N) is 3. The number of benzene rings is 1. The summed E-state index contributed by atoms with van der Waals surface area (Å²) in [6.45, 7) is 2.15. The van der Waals surface area contributed by atoms with E-state index in [9.17, 15) is 0 Å². The molecule has 0 aliphatic heterocycles. The Morgan fingerprint density at radius 3 is 2.50 bits per heavy atom. The van der Waals surface area contributed by atoms with Gasteiger partial charge in [0.2, 0.25) is 5.13 Å². The summed E-state index contributed by atoms with van der Waals surface area (Å²) in [5.41, 5.74) is 7.91. The summed E-state index contributed by atoms with van der Waals surface area (Å²) in [6.07, 6.45) is 2.00. The number of anilines is 1. The predicted octanol–water partition coefficient (Wildman–Crippen LogP) is 3.86. The highest BCUT2D eigenvalue weighted by Crippen LogP contribution is 2.37. The van der Waals surface area contributed by atoms with Crippen LogP contribution in [-0.4, -0.2) is 15.2 Å². The van der Waals surface area contributed by atoms with Crippen LogP contribution in [0.4, 0.5) is 5.13 Å². The highest BCUT2D eigenvalue weighted by atomic mass is 32.1. The molecule has 6 heteroatoms. The molecule has 0 spiro atoms. The van der Waals surface area contributed by atoms with E-state index in [0.717, 1.165) is 39.0 Å². The third-order valence-corrected chi connectivity index (χ3v) is 4.89. The van der Waals surface area contributed by atoms with Crippen molar-refractivity contribution in [2.75, 3.05) is 5.73 Å². The summed E-state index contributed by atoms with van der Waals surface area (Å²) in [4.78, 5) is 5.87. The molecular weight excluding hydrogens is 288 g/mol. The molecule has 1 aromatic carbocycles. The van der Waals surface area contributed by atoms with Crippen molar-refractivity contribution in [3.05, 3.63) is 36.0 Å². The second-order valence-corrected chi connectivity index (χ2v) is 6.36. The lowest BCUT2D eigenvalue weighted by Gasteiger charge is -1.94. The van der Waals surface area contributed by atoms with E-state index in [4.69, 9.17) is 10.7 Å². The van der Waals surface area contributed by atoms with Crippen molar-refractivity contribution < 1.29 is 0 Å². The van der Waals surface area contributed by atoms with E-state index in [1.165, 1.54) is 11.3 Å². The summed E-state index contributed by atoms with van der Waals surface area (Å²) < 4.78 is 0. The molecular formula is C14H14N4S2. The highest BCUT2D eigenvalue weighted by Gasteiger charge is 2.16. The number of thiazole rings is 1. The van der Waals surface area contributed by atoms with Gasteiger partial charge in [-0.05, 0) is 6.42 Å². The second kappa shape index (κ2) is 5.68. The van der Waals surface area contributed by atoms with Gasteiger partial charge in [0.1, 0.15) is 5.01 Å². The lowest BCUT2D eigenvalue weighted by atomic mass is 10.2. The van der Waals surface area contributed by atoms with Crippen LogP contribution in [0.5, 0.6) is 0 Å². The molecule has 0 saturated heterocycles. The topological polar surface area (TPSA) is 64.7 Å². The number of hydrogen-bond donors (Lipinski definition) is 1. The molecule has 0 atom stereocenters. The maximum Gasteiger partial charge on any atom is 0.203 e. The third kappa shape index (κ3) is 2.57. The van der Waals surface area contributed by atoms with Crippen molar-refractivity contribution >= 4 is 27.8 Å². The van der Waals surface area contributed by atoms with Crippen LogP contribution in [0.3, 0.4) is 0 Å². The molecule has 3 rings (SSSR count). The summed E-state index contributed by atoms with van der Waals surface area (Å²) >= 11 is 3.08. The molecule has 0 saturated carbocycles. The standard InChI is InChI=1S/C14H14N4S2/c1-2-6-10-11(13-17-18-14(15)20-13)19-12(16-10)9-7-4-3-5-8-9/h3-5,7-8H,2,6H2,1H3,(H2,15,18). The van der Waals surface area contributed by atoms with E-state index in [-0.39, 0.29) is 0 Å². The Balaban J connectivity index is 2.07. The molecule has 0 aliphatic carbocycles. The van der Waals surface area contributed by atoms with E-state index < -0.39 is 0 Å². The van der Waals surface area contributed by atoms with Gasteiger partial charge in [-0.25, -0.2) is 4.98 Å². The number of rotatable bonds is 4. The Morgan fingerprint density at radius 2 is 1.85 bits per heavy atom. The van der Waals surface area contributed by atoms with Crippen molar-refractivity contribution in [2.45, 2.75) is 19.8 Å². The van der Waals surface area contributed by atoms with Crippen LogP contribution < -0.4 is 5.73 Å². The fourth-order valence-electron chi connectivity index (χ4n) is 1.96. The SMILES string of the molecule is CCCc1nc(-c2ccccc2)sc1-c1nnc(N)s1. The minimum Gasteiger partial charge on any atom is -0.374 e. The number of aryl methyl sites for hydroxylation is 1. The van der Waals surface area contributed by atoms with E-state index in [2.05, 4.69) is 29.3 Å². The first-order chi connectivity index (χ1) is 9.78. The zero-order valence-corrected chi connectivity index (χ0v) is 12.7. The van der Waals surface area contributed by atoms with E-state index in [1.54, 1.807) is 11.3 Å². The fraction of sp³-hybridized carbons (Fsp3) is 0.214. The van der Waals surface area contributed by atoms with Crippen LogP contribution in [0, 0.1) is 0 Å². The summed E-state index contributed by atoms with van der Waals surface area (Å²) in [6, 6.07) is 10.2. The van der Waals surface area contributed by atoms with Gasteiger partial charge in [-0.1, -0.05) is 55.0 Å². The van der Waals surface area contributed by atoms with Gasteiger partial charge in [0, 0.05) is 5.56 Å². The van der Waals surface area contributed by atoms with Crippen molar-refractivity contribution in [3.8, 4) is 20.5 Å². The Kier molecular flexibility index (Phi) is 3.75. The average Bonchev–Trinajstić information content (AvgIpc) is 3.07. The molecule has 2 N–H and O–H groups in total. The largest absolute Gasteiger partial charge is 0.374 e. The molecule has 2 aromatic heterocycles. The maximum atomic E-state index is 5.69. The van der Waals surface area contributed by atoms with Gasteiger partial charge in [-0.2, -0.15) is 0 Å². The molecule has 0 radical (unpaired) electrons. The smallest absolute Gasteiger partial charge is 0.203 e. The lowest BCUT2D eigenvalue weighted by molar-refractivity contribution is 0.894. The summed E-state index contributed by atoms with van der Waals surface area (Å²) in [5.74, 6) is 0. The Bertz CT molecular complexity index is 703. The van der Waals surface area contributed by atoms with Gasteiger partial charge < -0.3 is 5.73 Å². The quantitative estimate of drug-likeness (QED) is 0.794. The average molecular weight is 302 g/mol. The lowest BCUT2D eigenvalue weighted by Crippen LogP contribution is -1.87. The number of hydrogen-bond acceptors (Lipinski definition) is 6. The summed E-state index contributed by atoms with van der Waals surface area (Å²) in [5, 5.41) is 10.4. The molecule has 2 heterocycles. The molecule has 0 unspecified atom stereocenters. The highest BCUT2D eigenvalue weighted by molar-refractivity contribution is 7.24. The molecule has 0 fully saturated rings. The normalized spacial score (nSPS) is 10.8. The van der Waals surface area contributed by atoms with Gasteiger partial charge in [-0.3, -0.25) is 0 Å². The minimum absolute atomic E-state index is 0.497. The van der Waals surface area contributed by atoms with Gasteiger partial charge >= 0.3 is 0 Å².